The predicted octanol–water partition coefficient (Wildman–Crippen LogP) is 2.93. The molecule has 0 heterocycles. The van der Waals surface area contributed by atoms with Gasteiger partial charge in [-0.1, -0.05) is 0 Å². The van der Waals surface area contributed by atoms with Crippen LogP contribution in [0.4, 0.5) is 0 Å². The van der Waals surface area contributed by atoms with Gasteiger partial charge in [0.25, 0.3) is 0 Å². The van der Waals surface area contributed by atoms with E-state index < -0.39 is 0 Å². The Kier molecular flexibility index (Phi) is 9.15. The van der Waals surface area contributed by atoms with Crippen LogP contribution in [0.15, 0.2) is 0 Å². The summed E-state index contributed by atoms with van der Waals surface area (Å²) < 4.78 is 1.09. The minimum atomic E-state index is 1.07. The third-order valence-corrected chi connectivity index (χ3v) is 2.54. The molecule has 0 nitrogen and oxygen atoms in total. The summed E-state index contributed by atoms with van der Waals surface area (Å²) in [5, 5.41) is 0. The molecule has 1 atom stereocenters. The van der Waals surface area contributed by atoms with Crippen LogP contribution in [0.1, 0.15) is 46.0 Å². The van der Waals surface area contributed by atoms with Gasteiger partial charge in [0, 0.05) is 0 Å². The number of rotatable bonds is 5. The monoisotopic (exact) mass is 152 g/mol. The van der Waals surface area contributed by atoms with E-state index in [0.29, 0.717) is 0 Å². The maximum atomic E-state index is 2.38. The molecule has 0 saturated carbocycles. The van der Waals surface area contributed by atoms with E-state index in [1.165, 1.54) is 32.1 Å². The first-order valence-electron chi connectivity index (χ1n) is 4.27. The fourth-order valence-corrected chi connectivity index (χ4v) is 1.62. The van der Waals surface area contributed by atoms with E-state index in [2.05, 4.69) is 13.8 Å². The molecule has 0 aliphatic carbocycles. The second-order valence-corrected chi connectivity index (χ2v) is 6.32. The molecule has 0 bridgehead atoms. The number of hydrogen-bond donors (Lipinski definition) is 0. The molecule has 0 saturated heterocycles. The molecular formula is C8H17K. The summed E-state index contributed by atoms with van der Waals surface area (Å²) in [6.45, 7) is 4.65. The first kappa shape index (κ1) is 10.6. The van der Waals surface area contributed by atoms with Gasteiger partial charge in [0.1, 0.15) is 0 Å². The second kappa shape index (κ2) is 7.74. The Morgan fingerprint density at radius 1 is 1.22 bits per heavy atom. The fourth-order valence-electron chi connectivity index (χ4n) is 0.979. The van der Waals surface area contributed by atoms with Gasteiger partial charge in [-0.15, -0.1) is 0 Å². The van der Waals surface area contributed by atoms with Crippen molar-refractivity contribution in [3.05, 3.63) is 0 Å². The van der Waals surface area contributed by atoms with Crippen LogP contribution in [0.5, 0.6) is 0 Å². The number of hydrogen-bond acceptors (Lipinski definition) is 0. The van der Waals surface area contributed by atoms with Crippen molar-refractivity contribution in [3.8, 4) is 0 Å². The molecule has 0 aromatic carbocycles. The molecule has 50 valence electrons. The van der Waals surface area contributed by atoms with Gasteiger partial charge >= 0.3 is 94.9 Å². The van der Waals surface area contributed by atoms with Crippen LogP contribution >= 0.6 is 0 Å². The molecule has 0 aromatic rings. The standard InChI is InChI=1S/C8H17.K/c1-3-5-7-8-6-4-2;/h3H,4-8H2,1-2H3;. The van der Waals surface area contributed by atoms with Crippen molar-refractivity contribution in [2.45, 2.75) is 46.0 Å². The van der Waals surface area contributed by atoms with Gasteiger partial charge in [-0.2, -0.15) is 0 Å². The van der Waals surface area contributed by atoms with Gasteiger partial charge < -0.3 is 0 Å². The summed E-state index contributed by atoms with van der Waals surface area (Å²) in [5.41, 5.74) is 0. The zero-order valence-corrected chi connectivity index (χ0v) is 10.2. The maximum absolute atomic E-state index is 2.38. The van der Waals surface area contributed by atoms with E-state index in [0.717, 1.165) is 49.0 Å². The second-order valence-electron chi connectivity index (χ2n) is 3.24. The zero-order valence-electron chi connectivity index (χ0n) is 7.11. The Bertz CT molecular complexity index is 50.5. The van der Waals surface area contributed by atoms with Crippen molar-refractivity contribution < 1.29 is 0 Å². The molecule has 0 aliphatic rings. The normalized spacial score (nSPS) is 13.8. The van der Waals surface area contributed by atoms with E-state index in [1.54, 1.807) is 0 Å². The average molecular weight is 152 g/mol. The first-order valence-corrected chi connectivity index (χ1v) is 6.07. The van der Waals surface area contributed by atoms with Crippen LogP contribution in [0.2, 0.25) is 0.0125 Å². The van der Waals surface area contributed by atoms with Gasteiger partial charge in [-0.05, 0) is 0 Å². The Morgan fingerprint density at radius 3 is 2.33 bits per heavy atom. The van der Waals surface area contributed by atoms with Gasteiger partial charge in [0.05, 0.1) is 0 Å². The van der Waals surface area contributed by atoms with Crippen molar-refractivity contribution in [2.24, 2.45) is 0 Å². The van der Waals surface area contributed by atoms with E-state index in [9.17, 15) is 0 Å². The molecule has 1 unspecified atom stereocenters. The van der Waals surface area contributed by atoms with Crippen LogP contribution in [-0.2, 0) is 0 Å². The van der Waals surface area contributed by atoms with Crippen molar-refractivity contribution >= 4 is 49.0 Å². The van der Waals surface area contributed by atoms with Crippen molar-refractivity contribution in [2.75, 3.05) is 0 Å². The van der Waals surface area contributed by atoms with E-state index in [1.807, 2.05) is 0 Å². The predicted molar refractivity (Wildman–Crippen MR) is 43.9 cm³/mol. The van der Waals surface area contributed by atoms with E-state index in [-0.39, 0.29) is 0 Å². The molecule has 9 heavy (non-hydrogen) atoms. The Hall–Kier alpha value is 1.64. The van der Waals surface area contributed by atoms with Crippen molar-refractivity contribution in [3.63, 3.8) is 0 Å². The van der Waals surface area contributed by atoms with E-state index >= 15 is 0 Å². The Morgan fingerprint density at radius 2 is 1.89 bits per heavy atom. The summed E-state index contributed by atoms with van der Waals surface area (Å²) in [4.78, 5) is 0. The van der Waals surface area contributed by atoms with Crippen LogP contribution in [0, 0.1) is 0 Å². The third kappa shape index (κ3) is 9.64. The molecule has 0 amide bonds. The van der Waals surface area contributed by atoms with Gasteiger partial charge in [-0.3, -0.25) is 0 Å². The molecule has 0 spiro atoms. The molecule has 1 heteroatoms. The Labute approximate surface area is 93.4 Å². The molecule has 0 fully saturated rings. The fraction of sp³-hybridized carbons (Fsp3) is 1.00. The quantitative estimate of drug-likeness (QED) is 0.420. The Balaban J connectivity index is 2.75. The topological polar surface area (TPSA) is 0 Å². The van der Waals surface area contributed by atoms with E-state index in [4.69, 9.17) is 0 Å². The van der Waals surface area contributed by atoms with Gasteiger partial charge in [0.2, 0.25) is 0 Å². The summed E-state index contributed by atoms with van der Waals surface area (Å²) in [6, 6.07) is 0. The SMILES string of the molecule is CCCCCC[CH](C)[K]. The summed E-state index contributed by atoms with van der Waals surface area (Å²) in [6.07, 6.45) is 7.27. The van der Waals surface area contributed by atoms with Gasteiger partial charge in [0.15, 0.2) is 0 Å². The molecular weight excluding hydrogens is 135 g/mol. The molecule has 0 rings (SSSR count). The van der Waals surface area contributed by atoms with Crippen LogP contribution in [-0.4, -0.2) is 49.0 Å². The number of unbranched alkanes of at least 4 members (excludes halogenated alkanes) is 3. The molecule has 0 N–H and O–H groups in total. The van der Waals surface area contributed by atoms with Crippen LogP contribution in [0.25, 0.3) is 0 Å². The summed E-state index contributed by atoms with van der Waals surface area (Å²) in [7, 11) is 0. The van der Waals surface area contributed by atoms with Crippen LogP contribution < -0.4 is 0 Å². The van der Waals surface area contributed by atoms with Crippen LogP contribution in [0.3, 0.4) is 0 Å². The van der Waals surface area contributed by atoms with Crippen molar-refractivity contribution in [1.82, 2.24) is 0 Å². The zero-order chi connectivity index (χ0) is 7.11. The summed E-state index contributed by atoms with van der Waals surface area (Å²) in [5.74, 6) is 0. The average Bonchev–Trinajstić information content (AvgIpc) is 1.80. The van der Waals surface area contributed by atoms with Gasteiger partial charge in [-0.25, -0.2) is 0 Å². The molecule has 0 aromatic heterocycles. The third-order valence-electron chi connectivity index (χ3n) is 1.64. The molecule has 0 radical (unpaired) electrons. The van der Waals surface area contributed by atoms with Crippen molar-refractivity contribution in [1.29, 1.82) is 0 Å². The minimum absolute atomic E-state index is 1.07. The summed E-state index contributed by atoms with van der Waals surface area (Å²) >= 11 is 1.07. The first-order chi connectivity index (χ1) is 4.27. The molecule has 0 aliphatic heterocycles.